The highest BCUT2D eigenvalue weighted by atomic mass is 35.5. The molecule has 0 spiro atoms. The molecule has 0 unspecified atom stereocenters. The molecule has 3 heteroatoms. The molecule has 0 bridgehead atoms. The Morgan fingerprint density at radius 3 is 3.18 bits per heavy atom. The van der Waals surface area contributed by atoms with Crippen LogP contribution >= 0.6 is 11.6 Å². The zero-order valence-corrected chi connectivity index (χ0v) is 6.80. The first-order valence-corrected chi connectivity index (χ1v) is 3.45. The lowest BCUT2D eigenvalue weighted by molar-refractivity contribution is 0.215. The van der Waals surface area contributed by atoms with E-state index in [0.29, 0.717) is 5.02 Å². The van der Waals surface area contributed by atoms with Gasteiger partial charge in [0.1, 0.15) is 7.11 Å². The van der Waals surface area contributed by atoms with E-state index >= 15 is 0 Å². The fourth-order valence-electron chi connectivity index (χ4n) is 0.634. The molecule has 0 aliphatic heterocycles. The van der Waals surface area contributed by atoms with E-state index in [1.807, 2.05) is 6.07 Å². The molecule has 1 rings (SSSR count). The number of benzene rings is 1. The van der Waals surface area contributed by atoms with Crippen molar-refractivity contribution >= 4 is 17.8 Å². The van der Waals surface area contributed by atoms with E-state index < -0.39 is 0 Å². The standard InChI is InChI=1S/C8H7ClNO/c1-11-10-6-7-4-2-3-5-8(7)9/h2-3,5-6H,1H3/b10-6+. The van der Waals surface area contributed by atoms with Gasteiger partial charge in [0, 0.05) is 5.56 Å². The minimum Gasteiger partial charge on any atom is -0.399 e. The van der Waals surface area contributed by atoms with Crippen LogP contribution in [-0.2, 0) is 4.84 Å². The Labute approximate surface area is 70.4 Å². The van der Waals surface area contributed by atoms with E-state index in [4.69, 9.17) is 11.6 Å². The van der Waals surface area contributed by atoms with Crippen LogP contribution in [0.3, 0.4) is 0 Å². The number of oxime groups is 1. The van der Waals surface area contributed by atoms with Crippen LogP contribution < -0.4 is 0 Å². The first kappa shape index (κ1) is 8.08. The second-order valence-electron chi connectivity index (χ2n) is 1.85. The van der Waals surface area contributed by atoms with Crippen LogP contribution in [-0.4, -0.2) is 13.3 Å². The third kappa shape index (κ3) is 2.24. The van der Waals surface area contributed by atoms with Gasteiger partial charge in [-0.2, -0.15) is 0 Å². The highest BCUT2D eigenvalue weighted by Crippen LogP contribution is 2.11. The number of hydrogen-bond acceptors (Lipinski definition) is 2. The Bertz CT molecular complexity index is 260. The molecule has 0 amide bonds. The van der Waals surface area contributed by atoms with Gasteiger partial charge in [-0.25, -0.2) is 0 Å². The maximum absolute atomic E-state index is 5.78. The minimum absolute atomic E-state index is 0.619. The Morgan fingerprint density at radius 2 is 2.55 bits per heavy atom. The van der Waals surface area contributed by atoms with Crippen molar-refractivity contribution in [3.63, 3.8) is 0 Å². The lowest BCUT2D eigenvalue weighted by Gasteiger charge is -1.93. The van der Waals surface area contributed by atoms with Gasteiger partial charge in [0.25, 0.3) is 0 Å². The van der Waals surface area contributed by atoms with E-state index in [-0.39, 0.29) is 0 Å². The average molecular weight is 169 g/mol. The van der Waals surface area contributed by atoms with E-state index in [2.05, 4.69) is 16.1 Å². The molecular formula is C8H7ClNO. The number of nitrogens with zero attached hydrogens (tertiary/aromatic N) is 1. The molecule has 0 aliphatic rings. The van der Waals surface area contributed by atoms with E-state index in [9.17, 15) is 0 Å². The van der Waals surface area contributed by atoms with Gasteiger partial charge in [0.05, 0.1) is 11.2 Å². The van der Waals surface area contributed by atoms with Crippen molar-refractivity contribution < 1.29 is 4.84 Å². The molecular weight excluding hydrogens is 162 g/mol. The molecule has 0 saturated carbocycles. The summed E-state index contributed by atoms with van der Waals surface area (Å²) in [5, 5.41) is 4.18. The lowest BCUT2D eigenvalue weighted by atomic mass is 10.2. The van der Waals surface area contributed by atoms with Crippen molar-refractivity contribution in [2.24, 2.45) is 5.16 Å². The summed E-state index contributed by atoms with van der Waals surface area (Å²) in [4.78, 5) is 4.49. The summed E-state index contributed by atoms with van der Waals surface area (Å²) in [7, 11) is 1.48. The summed E-state index contributed by atoms with van der Waals surface area (Å²) in [5.74, 6) is 0. The van der Waals surface area contributed by atoms with Gasteiger partial charge in [-0.05, 0) is 12.1 Å². The highest BCUT2D eigenvalue weighted by Gasteiger charge is 1.93. The van der Waals surface area contributed by atoms with Crippen molar-refractivity contribution in [3.05, 3.63) is 34.9 Å². The Balaban J connectivity index is 2.86. The Kier molecular flexibility index (Phi) is 2.93. The van der Waals surface area contributed by atoms with Gasteiger partial charge in [-0.15, -0.1) is 0 Å². The largest absolute Gasteiger partial charge is 0.399 e. The van der Waals surface area contributed by atoms with Crippen LogP contribution in [0.5, 0.6) is 0 Å². The predicted octanol–water partition coefficient (Wildman–Crippen LogP) is 2.12. The molecule has 1 aromatic carbocycles. The predicted molar refractivity (Wildman–Crippen MR) is 44.9 cm³/mol. The summed E-state index contributed by atoms with van der Waals surface area (Å²) in [5.41, 5.74) is 0.732. The summed E-state index contributed by atoms with van der Waals surface area (Å²) >= 11 is 5.78. The summed E-state index contributed by atoms with van der Waals surface area (Å²) in [6.07, 6.45) is 1.52. The molecule has 11 heavy (non-hydrogen) atoms. The molecule has 0 aromatic heterocycles. The fraction of sp³-hybridized carbons (Fsp3) is 0.125. The molecule has 1 aromatic rings. The van der Waals surface area contributed by atoms with Crippen molar-refractivity contribution in [1.29, 1.82) is 0 Å². The number of halogens is 1. The van der Waals surface area contributed by atoms with Gasteiger partial charge in [-0.3, -0.25) is 0 Å². The summed E-state index contributed by atoms with van der Waals surface area (Å²) in [6, 6.07) is 8.26. The highest BCUT2D eigenvalue weighted by molar-refractivity contribution is 6.33. The van der Waals surface area contributed by atoms with Gasteiger partial charge in [-0.1, -0.05) is 28.9 Å². The SMILES string of the molecule is CO/N=C/c1[c]cccc1Cl. The second kappa shape index (κ2) is 3.98. The van der Waals surface area contributed by atoms with E-state index in [1.54, 1.807) is 12.1 Å². The second-order valence-corrected chi connectivity index (χ2v) is 2.26. The van der Waals surface area contributed by atoms with Crippen LogP contribution in [0.4, 0.5) is 0 Å². The van der Waals surface area contributed by atoms with E-state index in [1.165, 1.54) is 13.3 Å². The zero-order valence-electron chi connectivity index (χ0n) is 6.04. The van der Waals surface area contributed by atoms with Gasteiger partial charge in [0.2, 0.25) is 0 Å². The van der Waals surface area contributed by atoms with Crippen LogP contribution in [0.15, 0.2) is 23.4 Å². The monoisotopic (exact) mass is 168 g/mol. The quantitative estimate of drug-likeness (QED) is 0.490. The molecule has 2 nitrogen and oxygen atoms in total. The molecule has 0 N–H and O–H groups in total. The van der Waals surface area contributed by atoms with Crippen LogP contribution in [0.25, 0.3) is 0 Å². The van der Waals surface area contributed by atoms with Gasteiger partial charge in [0.15, 0.2) is 0 Å². The zero-order chi connectivity index (χ0) is 8.10. The van der Waals surface area contributed by atoms with Crippen molar-refractivity contribution in [1.82, 2.24) is 0 Å². The Hall–Kier alpha value is -1.02. The first-order chi connectivity index (χ1) is 5.34. The fourth-order valence-corrected chi connectivity index (χ4v) is 0.810. The van der Waals surface area contributed by atoms with Crippen molar-refractivity contribution in [3.8, 4) is 0 Å². The molecule has 0 saturated heterocycles. The third-order valence-corrected chi connectivity index (χ3v) is 1.45. The molecule has 0 aliphatic carbocycles. The maximum atomic E-state index is 5.78. The molecule has 0 heterocycles. The van der Waals surface area contributed by atoms with Gasteiger partial charge >= 0.3 is 0 Å². The average Bonchev–Trinajstić information content (AvgIpc) is 2.03. The van der Waals surface area contributed by atoms with Crippen molar-refractivity contribution in [2.45, 2.75) is 0 Å². The van der Waals surface area contributed by atoms with Crippen LogP contribution in [0.2, 0.25) is 5.02 Å². The molecule has 57 valence electrons. The van der Waals surface area contributed by atoms with Crippen LogP contribution in [0, 0.1) is 6.07 Å². The Morgan fingerprint density at radius 1 is 1.73 bits per heavy atom. The topological polar surface area (TPSA) is 21.6 Å². The maximum Gasteiger partial charge on any atom is 0.106 e. The smallest absolute Gasteiger partial charge is 0.106 e. The van der Waals surface area contributed by atoms with Gasteiger partial charge < -0.3 is 4.84 Å². The lowest BCUT2D eigenvalue weighted by Crippen LogP contribution is -1.82. The number of hydrogen-bond donors (Lipinski definition) is 0. The van der Waals surface area contributed by atoms with Crippen LogP contribution in [0.1, 0.15) is 5.56 Å². The molecule has 0 fully saturated rings. The number of rotatable bonds is 2. The summed E-state index contributed by atoms with van der Waals surface area (Å²) in [6.45, 7) is 0. The first-order valence-electron chi connectivity index (χ1n) is 3.07. The van der Waals surface area contributed by atoms with E-state index in [0.717, 1.165) is 5.56 Å². The normalized spacial score (nSPS) is 10.4. The van der Waals surface area contributed by atoms with Crippen molar-refractivity contribution in [2.75, 3.05) is 7.11 Å². The third-order valence-electron chi connectivity index (χ3n) is 1.12. The molecule has 1 radical (unpaired) electrons. The summed E-state index contributed by atoms with van der Waals surface area (Å²) < 4.78 is 0. The molecule has 0 atom stereocenters. The minimum atomic E-state index is 0.619.